The molecule has 1 fully saturated rings. The first-order valence-electron chi connectivity index (χ1n) is 7.31. The van der Waals surface area contributed by atoms with Gasteiger partial charge >= 0.3 is 0 Å². The highest BCUT2D eigenvalue weighted by atomic mass is 14.9. The van der Waals surface area contributed by atoms with E-state index in [4.69, 9.17) is 0 Å². The highest BCUT2D eigenvalue weighted by Crippen LogP contribution is 2.45. The van der Waals surface area contributed by atoms with Gasteiger partial charge in [-0.15, -0.1) is 0 Å². The van der Waals surface area contributed by atoms with E-state index in [-0.39, 0.29) is 0 Å². The number of nitrogens with one attached hydrogen (secondary N) is 1. The first kappa shape index (κ1) is 13.6. The van der Waals surface area contributed by atoms with Gasteiger partial charge in [0.15, 0.2) is 0 Å². The molecular formula is C17H27N. The highest BCUT2D eigenvalue weighted by molar-refractivity contribution is 5.31. The molecule has 1 atom stereocenters. The summed E-state index contributed by atoms with van der Waals surface area (Å²) in [5.41, 5.74) is 4.65. The summed E-state index contributed by atoms with van der Waals surface area (Å²) in [6.45, 7) is 6.86. The molecule has 100 valence electrons. The average Bonchev–Trinajstić information content (AvgIpc) is 2.29. The van der Waals surface area contributed by atoms with E-state index in [9.17, 15) is 0 Å². The van der Waals surface area contributed by atoms with Crippen molar-refractivity contribution in [1.82, 2.24) is 5.32 Å². The quantitative estimate of drug-likeness (QED) is 0.824. The average molecular weight is 245 g/mol. The van der Waals surface area contributed by atoms with E-state index in [0.717, 1.165) is 0 Å². The molecule has 1 nitrogen and oxygen atoms in total. The molecule has 0 aliphatic heterocycles. The number of hydrogen-bond donors (Lipinski definition) is 1. The van der Waals surface area contributed by atoms with Crippen molar-refractivity contribution in [2.45, 2.75) is 58.9 Å². The summed E-state index contributed by atoms with van der Waals surface area (Å²) in [6.07, 6.45) is 6.90. The first-order chi connectivity index (χ1) is 8.55. The predicted molar refractivity (Wildman–Crippen MR) is 78.9 cm³/mol. The Balaban J connectivity index is 2.31. The number of hydrogen-bond acceptors (Lipinski definition) is 1. The largest absolute Gasteiger partial charge is 0.313 e. The Hall–Kier alpha value is -0.820. The Labute approximate surface area is 112 Å². The lowest BCUT2D eigenvalue weighted by Crippen LogP contribution is -2.36. The van der Waals surface area contributed by atoms with Gasteiger partial charge in [-0.25, -0.2) is 0 Å². The second kappa shape index (κ2) is 5.44. The SMILES string of the molecule is CNC(c1cc(C)cc(C)c1)C1(C)CCCCC1. The second-order valence-electron chi connectivity index (χ2n) is 6.36. The first-order valence-corrected chi connectivity index (χ1v) is 7.31. The van der Waals surface area contributed by atoms with Gasteiger partial charge in [-0.3, -0.25) is 0 Å². The van der Waals surface area contributed by atoms with Crippen LogP contribution in [0.1, 0.15) is 61.8 Å². The topological polar surface area (TPSA) is 12.0 Å². The second-order valence-corrected chi connectivity index (χ2v) is 6.36. The van der Waals surface area contributed by atoms with Crippen LogP contribution in [0.2, 0.25) is 0 Å². The zero-order valence-electron chi connectivity index (χ0n) is 12.3. The van der Waals surface area contributed by atoms with E-state index in [2.05, 4.69) is 51.3 Å². The highest BCUT2D eigenvalue weighted by Gasteiger charge is 2.35. The summed E-state index contributed by atoms with van der Waals surface area (Å²) in [7, 11) is 2.11. The fourth-order valence-corrected chi connectivity index (χ4v) is 3.74. The van der Waals surface area contributed by atoms with Crippen LogP contribution in [-0.4, -0.2) is 7.05 Å². The van der Waals surface area contributed by atoms with Crippen LogP contribution in [0.5, 0.6) is 0 Å². The van der Waals surface area contributed by atoms with E-state index in [1.165, 1.54) is 48.8 Å². The third-order valence-corrected chi connectivity index (χ3v) is 4.56. The van der Waals surface area contributed by atoms with Crippen molar-refractivity contribution >= 4 is 0 Å². The third-order valence-electron chi connectivity index (χ3n) is 4.56. The maximum Gasteiger partial charge on any atom is 0.0372 e. The van der Waals surface area contributed by atoms with E-state index in [1.54, 1.807) is 0 Å². The van der Waals surface area contributed by atoms with Crippen LogP contribution in [0, 0.1) is 19.3 Å². The lowest BCUT2D eigenvalue weighted by molar-refractivity contribution is 0.150. The molecule has 1 aromatic rings. The summed E-state index contributed by atoms with van der Waals surface area (Å²) >= 11 is 0. The van der Waals surface area contributed by atoms with E-state index in [0.29, 0.717) is 11.5 Å². The van der Waals surface area contributed by atoms with Crippen molar-refractivity contribution in [2.75, 3.05) is 7.05 Å². The Bertz CT molecular complexity index is 382. The van der Waals surface area contributed by atoms with Gasteiger partial charge in [-0.2, -0.15) is 0 Å². The van der Waals surface area contributed by atoms with Gasteiger partial charge in [0.1, 0.15) is 0 Å². The molecule has 0 bridgehead atoms. The number of benzene rings is 1. The molecule has 1 heteroatoms. The summed E-state index contributed by atoms with van der Waals surface area (Å²) in [6, 6.07) is 7.47. The van der Waals surface area contributed by atoms with Crippen LogP contribution < -0.4 is 5.32 Å². The van der Waals surface area contributed by atoms with Gasteiger partial charge in [-0.05, 0) is 44.7 Å². The van der Waals surface area contributed by atoms with Crippen LogP contribution in [0.25, 0.3) is 0 Å². The van der Waals surface area contributed by atoms with Crippen molar-refractivity contribution in [3.63, 3.8) is 0 Å². The monoisotopic (exact) mass is 245 g/mol. The van der Waals surface area contributed by atoms with Gasteiger partial charge < -0.3 is 5.32 Å². The molecule has 0 spiro atoms. The summed E-state index contributed by atoms with van der Waals surface area (Å²) < 4.78 is 0. The smallest absolute Gasteiger partial charge is 0.0372 e. The third kappa shape index (κ3) is 2.77. The van der Waals surface area contributed by atoms with Crippen LogP contribution in [0.3, 0.4) is 0 Å². The normalized spacial score (nSPS) is 20.7. The zero-order chi connectivity index (χ0) is 13.2. The minimum Gasteiger partial charge on any atom is -0.313 e. The van der Waals surface area contributed by atoms with Gasteiger partial charge in [0.2, 0.25) is 0 Å². The van der Waals surface area contributed by atoms with Crippen LogP contribution >= 0.6 is 0 Å². The molecular weight excluding hydrogens is 218 g/mol. The minimum atomic E-state index is 0.424. The van der Waals surface area contributed by atoms with Crippen molar-refractivity contribution in [1.29, 1.82) is 0 Å². The fraction of sp³-hybridized carbons (Fsp3) is 0.647. The van der Waals surface area contributed by atoms with Crippen LogP contribution in [0.15, 0.2) is 18.2 Å². The van der Waals surface area contributed by atoms with Crippen molar-refractivity contribution in [2.24, 2.45) is 5.41 Å². The van der Waals surface area contributed by atoms with Crippen LogP contribution in [0.4, 0.5) is 0 Å². The molecule has 0 saturated heterocycles. The maximum atomic E-state index is 3.58. The van der Waals surface area contributed by atoms with E-state index in [1.807, 2.05) is 0 Å². The summed E-state index contributed by atoms with van der Waals surface area (Å²) in [4.78, 5) is 0. The maximum absolute atomic E-state index is 3.58. The zero-order valence-corrected chi connectivity index (χ0v) is 12.3. The molecule has 1 aliphatic rings. The molecule has 0 heterocycles. The molecule has 1 aromatic carbocycles. The molecule has 18 heavy (non-hydrogen) atoms. The van der Waals surface area contributed by atoms with Crippen molar-refractivity contribution < 1.29 is 0 Å². The molecule has 2 rings (SSSR count). The van der Waals surface area contributed by atoms with Crippen molar-refractivity contribution in [3.05, 3.63) is 34.9 Å². The molecule has 0 aromatic heterocycles. The molecule has 0 amide bonds. The molecule has 0 radical (unpaired) electrons. The minimum absolute atomic E-state index is 0.424. The van der Waals surface area contributed by atoms with Crippen LogP contribution in [-0.2, 0) is 0 Å². The number of rotatable bonds is 3. The summed E-state index contributed by atoms with van der Waals surface area (Å²) in [5.74, 6) is 0. The standard InChI is InChI=1S/C17H27N/c1-13-10-14(2)12-15(11-13)16(18-4)17(3)8-6-5-7-9-17/h10-12,16,18H,5-9H2,1-4H3. The lowest BCUT2D eigenvalue weighted by atomic mass is 9.68. The van der Waals surface area contributed by atoms with Gasteiger partial charge in [0.05, 0.1) is 0 Å². The summed E-state index contributed by atoms with van der Waals surface area (Å²) in [5, 5.41) is 3.58. The fourth-order valence-electron chi connectivity index (χ4n) is 3.74. The molecule has 1 aliphatic carbocycles. The Morgan fingerprint density at radius 1 is 1.00 bits per heavy atom. The Morgan fingerprint density at radius 3 is 2.06 bits per heavy atom. The molecule has 1 N–H and O–H groups in total. The number of aryl methyl sites for hydroxylation is 2. The van der Waals surface area contributed by atoms with E-state index < -0.39 is 0 Å². The lowest BCUT2D eigenvalue weighted by Gasteiger charge is -2.41. The Morgan fingerprint density at radius 2 is 1.56 bits per heavy atom. The van der Waals surface area contributed by atoms with Gasteiger partial charge in [0.25, 0.3) is 0 Å². The van der Waals surface area contributed by atoms with Crippen molar-refractivity contribution in [3.8, 4) is 0 Å². The molecule has 1 unspecified atom stereocenters. The molecule has 1 saturated carbocycles. The Kier molecular flexibility index (Phi) is 4.11. The van der Waals surface area contributed by atoms with Gasteiger partial charge in [-0.1, -0.05) is 55.5 Å². The van der Waals surface area contributed by atoms with E-state index >= 15 is 0 Å². The van der Waals surface area contributed by atoms with Gasteiger partial charge in [0, 0.05) is 6.04 Å². The predicted octanol–water partition coefficient (Wildman–Crippen LogP) is 4.53.